The molecule has 1 saturated heterocycles. The molecule has 0 spiro atoms. The van der Waals surface area contributed by atoms with E-state index in [0.717, 1.165) is 17.7 Å². The highest BCUT2D eigenvalue weighted by molar-refractivity contribution is 5.77. The third kappa shape index (κ3) is 6.01. The Kier molecular flexibility index (Phi) is 7.18. The van der Waals surface area contributed by atoms with Crippen LogP contribution in [0.15, 0.2) is 24.3 Å². The van der Waals surface area contributed by atoms with Gasteiger partial charge in [0.25, 0.3) is 5.91 Å². The van der Waals surface area contributed by atoms with Crippen molar-refractivity contribution in [1.82, 2.24) is 10.2 Å². The fourth-order valence-electron chi connectivity index (χ4n) is 3.00. The van der Waals surface area contributed by atoms with Gasteiger partial charge in [-0.05, 0) is 25.8 Å². The zero-order valence-electron chi connectivity index (χ0n) is 14.9. The predicted octanol–water partition coefficient (Wildman–Crippen LogP) is 0.578. The number of nitrogens with zero attached hydrogens (tertiary/aromatic N) is 1. The number of piperidine rings is 1. The summed E-state index contributed by atoms with van der Waals surface area (Å²) in [6.45, 7) is 4.06. The Labute approximate surface area is 147 Å². The Morgan fingerprint density at radius 3 is 2.64 bits per heavy atom. The van der Waals surface area contributed by atoms with Crippen LogP contribution in [0.25, 0.3) is 0 Å². The van der Waals surface area contributed by atoms with E-state index in [1.807, 2.05) is 7.05 Å². The van der Waals surface area contributed by atoms with Crippen LogP contribution in [0.5, 0.6) is 0 Å². The number of amides is 2. The highest BCUT2D eigenvalue weighted by atomic mass is 19.1. The number of rotatable bonds is 6. The molecule has 1 heterocycles. The molecule has 138 valence electrons. The lowest BCUT2D eigenvalue weighted by Gasteiger charge is -2.31. The summed E-state index contributed by atoms with van der Waals surface area (Å²) in [6, 6.07) is 6.69. The van der Waals surface area contributed by atoms with E-state index >= 15 is 0 Å². The minimum Gasteiger partial charge on any atom is -0.450 e. The first-order valence-corrected chi connectivity index (χ1v) is 8.75. The summed E-state index contributed by atoms with van der Waals surface area (Å²) in [5, 5.41) is 3.01. The number of ether oxygens (including phenoxy) is 1. The van der Waals surface area contributed by atoms with Gasteiger partial charge in [-0.1, -0.05) is 18.2 Å². The Bertz CT molecular complexity index is 589. The summed E-state index contributed by atoms with van der Waals surface area (Å²) in [4.78, 5) is 26.4. The maximum Gasteiger partial charge on any atom is 0.409 e. The maximum absolute atomic E-state index is 13.7. The Balaban J connectivity index is 1.72. The van der Waals surface area contributed by atoms with E-state index in [9.17, 15) is 14.0 Å². The monoisotopic (exact) mass is 352 g/mol. The smallest absolute Gasteiger partial charge is 0.409 e. The summed E-state index contributed by atoms with van der Waals surface area (Å²) in [7, 11) is 1.87. The zero-order valence-corrected chi connectivity index (χ0v) is 14.9. The van der Waals surface area contributed by atoms with Crippen molar-refractivity contribution in [2.24, 2.45) is 0 Å². The number of quaternary nitrogens is 1. The van der Waals surface area contributed by atoms with Crippen molar-refractivity contribution in [1.29, 1.82) is 0 Å². The second kappa shape index (κ2) is 9.36. The molecular formula is C18H27FN3O3+. The lowest BCUT2D eigenvalue weighted by atomic mass is 10.1. The van der Waals surface area contributed by atoms with E-state index in [-0.39, 0.29) is 30.4 Å². The summed E-state index contributed by atoms with van der Waals surface area (Å²) in [6.07, 6.45) is 1.15. The van der Waals surface area contributed by atoms with Crippen LogP contribution >= 0.6 is 0 Å². The quantitative estimate of drug-likeness (QED) is 0.787. The maximum atomic E-state index is 13.7. The van der Waals surface area contributed by atoms with Crippen molar-refractivity contribution in [2.75, 3.05) is 33.3 Å². The van der Waals surface area contributed by atoms with Gasteiger partial charge >= 0.3 is 6.09 Å². The van der Waals surface area contributed by atoms with Gasteiger partial charge in [-0.2, -0.15) is 0 Å². The zero-order chi connectivity index (χ0) is 18.2. The molecule has 1 atom stereocenters. The number of likely N-dealkylation sites (tertiary alicyclic amines) is 1. The molecule has 2 rings (SSSR count). The number of carbonyl (C=O) groups excluding carboxylic acids is 2. The number of carbonyl (C=O) groups is 2. The first-order valence-electron chi connectivity index (χ1n) is 8.75. The normalized spacial score (nSPS) is 16.4. The SMILES string of the molecule is CCOC(=O)N1CCC(NC(=O)C[NH+](C)Cc2ccccc2F)CC1. The predicted molar refractivity (Wildman–Crippen MR) is 91.6 cm³/mol. The van der Waals surface area contributed by atoms with Crippen molar-refractivity contribution in [3.05, 3.63) is 35.6 Å². The summed E-state index contributed by atoms with van der Waals surface area (Å²) in [5.74, 6) is -0.294. The molecule has 0 aliphatic carbocycles. The topological polar surface area (TPSA) is 63.1 Å². The third-order valence-corrected chi connectivity index (χ3v) is 4.30. The van der Waals surface area contributed by atoms with Gasteiger partial charge in [0, 0.05) is 24.7 Å². The first kappa shape index (κ1) is 19.2. The van der Waals surface area contributed by atoms with Crippen molar-refractivity contribution in [2.45, 2.75) is 32.4 Å². The lowest BCUT2D eigenvalue weighted by molar-refractivity contribution is -0.885. The molecule has 1 aromatic rings. The number of hydrogen-bond donors (Lipinski definition) is 2. The van der Waals surface area contributed by atoms with Crippen LogP contribution in [-0.4, -0.2) is 56.2 Å². The highest BCUT2D eigenvalue weighted by Gasteiger charge is 2.25. The van der Waals surface area contributed by atoms with Crippen LogP contribution < -0.4 is 10.2 Å². The van der Waals surface area contributed by atoms with Gasteiger partial charge in [0.2, 0.25) is 0 Å². The second-order valence-electron chi connectivity index (χ2n) is 6.43. The summed E-state index contributed by atoms with van der Waals surface area (Å²) >= 11 is 0. The number of benzene rings is 1. The van der Waals surface area contributed by atoms with Crippen molar-refractivity contribution in [3.8, 4) is 0 Å². The van der Waals surface area contributed by atoms with Crippen molar-refractivity contribution < 1.29 is 23.6 Å². The molecular weight excluding hydrogens is 325 g/mol. The largest absolute Gasteiger partial charge is 0.450 e. The highest BCUT2D eigenvalue weighted by Crippen LogP contribution is 2.11. The van der Waals surface area contributed by atoms with Crippen molar-refractivity contribution in [3.63, 3.8) is 0 Å². The van der Waals surface area contributed by atoms with Crippen LogP contribution in [-0.2, 0) is 16.1 Å². The average Bonchev–Trinajstić information content (AvgIpc) is 2.57. The van der Waals surface area contributed by atoms with Crippen LogP contribution in [0.3, 0.4) is 0 Å². The number of halogens is 1. The molecule has 2 amide bonds. The molecule has 1 unspecified atom stereocenters. The molecule has 6 nitrogen and oxygen atoms in total. The van der Waals surface area contributed by atoms with Gasteiger partial charge in [0.1, 0.15) is 12.4 Å². The standard InChI is InChI=1S/C18H26FN3O3/c1-3-25-18(24)22-10-8-15(9-11-22)20-17(23)13-21(2)12-14-6-4-5-7-16(14)19/h4-7,15H,3,8-13H2,1-2H3,(H,20,23)/p+1. The van der Waals surface area contributed by atoms with Gasteiger partial charge in [-0.25, -0.2) is 9.18 Å². The van der Waals surface area contributed by atoms with Gasteiger partial charge < -0.3 is 19.9 Å². The third-order valence-electron chi connectivity index (χ3n) is 4.30. The molecule has 1 aliphatic heterocycles. The molecule has 0 radical (unpaired) electrons. The number of likely N-dealkylation sites (N-methyl/N-ethyl adjacent to an activating group) is 1. The molecule has 7 heteroatoms. The minimum absolute atomic E-state index is 0.0524. The molecule has 25 heavy (non-hydrogen) atoms. The molecule has 1 aliphatic rings. The van der Waals surface area contributed by atoms with Crippen LogP contribution in [0.1, 0.15) is 25.3 Å². The van der Waals surface area contributed by atoms with Gasteiger partial charge in [-0.15, -0.1) is 0 Å². The Morgan fingerprint density at radius 1 is 1.32 bits per heavy atom. The van der Waals surface area contributed by atoms with E-state index in [2.05, 4.69) is 5.32 Å². The summed E-state index contributed by atoms with van der Waals surface area (Å²) < 4.78 is 18.6. The van der Waals surface area contributed by atoms with E-state index in [0.29, 0.717) is 31.8 Å². The molecule has 2 N–H and O–H groups in total. The fraction of sp³-hybridized carbons (Fsp3) is 0.556. The second-order valence-corrected chi connectivity index (χ2v) is 6.43. The Morgan fingerprint density at radius 2 is 2.00 bits per heavy atom. The Hall–Kier alpha value is -2.15. The van der Waals surface area contributed by atoms with Crippen LogP contribution in [0, 0.1) is 5.82 Å². The molecule has 0 saturated carbocycles. The molecule has 1 fully saturated rings. The van der Waals surface area contributed by atoms with Crippen LogP contribution in [0.2, 0.25) is 0 Å². The number of nitrogens with one attached hydrogen (secondary N) is 2. The van der Waals surface area contributed by atoms with Gasteiger partial charge in [0.15, 0.2) is 6.54 Å². The fourth-order valence-corrected chi connectivity index (χ4v) is 3.00. The van der Waals surface area contributed by atoms with Gasteiger partial charge in [0.05, 0.1) is 13.7 Å². The molecule has 0 aromatic heterocycles. The molecule has 1 aromatic carbocycles. The van der Waals surface area contributed by atoms with Crippen LogP contribution in [0.4, 0.5) is 9.18 Å². The summed E-state index contributed by atoms with van der Waals surface area (Å²) in [5.41, 5.74) is 0.607. The minimum atomic E-state index is -0.290. The van der Waals surface area contributed by atoms with E-state index in [4.69, 9.17) is 4.74 Å². The van der Waals surface area contributed by atoms with Crippen molar-refractivity contribution >= 4 is 12.0 Å². The van der Waals surface area contributed by atoms with Gasteiger partial charge in [-0.3, -0.25) is 4.79 Å². The molecule has 0 bridgehead atoms. The average molecular weight is 352 g/mol. The number of hydrogen-bond acceptors (Lipinski definition) is 3. The van der Waals surface area contributed by atoms with E-state index < -0.39 is 0 Å². The van der Waals surface area contributed by atoms with E-state index in [1.165, 1.54) is 6.07 Å². The first-order chi connectivity index (χ1) is 12.0. The lowest BCUT2D eigenvalue weighted by Crippen LogP contribution is -3.09. The van der Waals surface area contributed by atoms with E-state index in [1.54, 1.807) is 30.0 Å².